The Balaban J connectivity index is 1.59. The minimum atomic E-state index is 0.0216. The summed E-state index contributed by atoms with van der Waals surface area (Å²) in [6.07, 6.45) is 3.44. The largest absolute Gasteiger partial charge is 0.355 e. The molecular formula is C12H17N5OS2. The van der Waals surface area contributed by atoms with E-state index in [9.17, 15) is 4.79 Å². The van der Waals surface area contributed by atoms with Crippen LogP contribution in [-0.2, 0) is 18.3 Å². The van der Waals surface area contributed by atoms with Gasteiger partial charge in [0.15, 0.2) is 5.16 Å². The molecule has 2 aromatic heterocycles. The first-order valence-corrected chi connectivity index (χ1v) is 8.16. The fourth-order valence-corrected chi connectivity index (χ4v) is 3.11. The quantitative estimate of drug-likeness (QED) is 0.618. The van der Waals surface area contributed by atoms with Crippen LogP contribution in [-0.4, -0.2) is 38.0 Å². The molecule has 0 spiro atoms. The number of carbonyl (C=O) groups excluding carboxylic acids is 1. The van der Waals surface area contributed by atoms with Crippen LogP contribution in [0.2, 0.25) is 0 Å². The minimum absolute atomic E-state index is 0.0216. The smallest absolute Gasteiger partial charge is 0.230 e. The Morgan fingerprint density at radius 1 is 1.55 bits per heavy atom. The second-order valence-corrected chi connectivity index (χ2v) is 6.23. The average Bonchev–Trinajstić information content (AvgIpc) is 3.01. The molecule has 20 heavy (non-hydrogen) atoms. The second-order valence-electron chi connectivity index (χ2n) is 4.35. The van der Waals surface area contributed by atoms with Gasteiger partial charge in [-0.25, -0.2) is 4.98 Å². The number of nitrogens with zero attached hydrogens (tertiary/aromatic N) is 4. The van der Waals surface area contributed by atoms with Crippen molar-refractivity contribution in [3.63, 3.8) is 0 Å². The number of carbonyl (C=O) groups is 1. The topological polar surface area (TPSA) is 72.7 Å². The fraction of sp³-hybridized carbons (Fsp3) is 0.500. The van der Waals surface area contributed by atoms with E-state index in [0.29, 0.717) is 12.3 Å². The number of nitrogens with one attached hydrogen (secondary N) is 1. The molecule has 0 radical (unpaired) electrons. The normalized spacial score (nSPS) is 10.7. The van der Waals surface area contributed by atoms with Crippen LogP contribution in [0, 0.1) is 6.92 Å². The van der Waals surface area contributed by atoms with Crippen molar-refractivity contribution >= 4 is 29.0 Å². The molecule has 0 aromatic carbocycles. The van der Waals surface area contributed by atoms with Crippen LogP contribution in [0.5, 0.6) is 0 Å². The summed E-state index contributed by atoms with van der Waals surface area (Å²) >= 11 is 3.06. The highest BCUT2D eigenvalue weighted by Crippen LogP contribution is 2.12. The third-order valence-corrected chi connectivity index (χ3v) is 4.62. The van der Waals surface area contributed by atoms with Crippen molar-refractivity contribution in [1.29, 1.82) is 0 Å². The Kier molecular flexibility index (Phi) is 5.54. The highest BCUT2D eigenvalue weighted by Gasteiger charge is 2.06. The van der Waals surface area contributed by atoms with Crippen molar-refractivity contribution in [3.05, 3.63) is 22.4 Å². The van der Waals surface area contributed by atoms with Gasteiger partial charge in [0.25, 0.3) is 0 Å². The lowest BCUT2D eigenvalue weighted by Crippen LogP contribution is -2.26. The summed E-state index contributed by atoms with van der Waals surface area (Å²) in [6.45, 7) is 2.67. The summed E-state index contributed by atoms with van der Waals surface area (Å²) in [4.78, 5) is 16.1. The van der Waals surface area contributed by atoms with Crippen molar-refractivity contribution < 1.29 is 4.79 Å². The van der Waals surface area contributed by atoms with Gasteiger partial charge in [-0.15, -0.1) is 21.5 Å². The van der Waals surface area contributed by atoms with E-state index < -0.39 is 0 Å². The maximum absolute atomic E-state index is 11.7. The maximum Gasteiger partial charge on any atom is 0.230 e. The summed E-state index contributed by atoms with van der Waals surface area (Å²) < 4.78 is 1.79. The highest BCUT2D eigenvalue weighted by molar-refractivity contribution is 7.99. The zero-order valence-corrected chi connectivity index (χ0v) is 13.1. The SMILES string of the molecule is Cc1csc(CCCNC(=O)CSc2nncn2C)n1. The molecule has 0 saturated heterocycles. The summed E-state index contributed by atoms with van der Waals surface area (Å²) in [5, 5.41) is 14.5. The number of amides is 1. The zero-order valence-electron chi connectivity index (χ0n) is 11.5. The van der Waals surface area contributed by atoms with Crippen molar-refractivity contribution in [2.45, 2.75) is 24.9 Å². The third kappa shape index (κ3) is 4.61. The number of rotatable bonds is 7. The van der Waals surface area contributed by atoms with E-state index in [0.717, 1.165) is 28.7 Å². The van der Waals surface area contributed by atoms with Crippen LogP contribution in [0.15, 0.2) is 16.9 Å². The van der Waals surface area contributed by atoms with Gasteiger partial charge in [0, 0.05) is 31.1 Å². The molecule has 0 bridgehead atoms. The van der Waals surface area contributed by atoms with Crippen LogP contribution >= 0.6 is 23.1 Å². The van der Waals surface area contributed by atoms with E-state index >= 15 is 0 Å². The van der Waals surface area contributed by atoms with Gasteiger partial charge in [-0.3, -0.25) is 4.79 Å². The molecule has 0 saturated carbocycles. The number of aryl methyl sites for hydroxylation is 3. The molecule has 0 aliphatic rings. The number of hydrogen-bond donors (Lipinski definition) is 1. The first-order valence-electron chi connectivity index (χ1n) is 6.29. The molecule has 8 heteroatoms. The lowest BCUT2D eigenvalue weighted by atomic mass is 10.3. The Morgan fingerprint density at radius 2 is 2.40 bits per heavy atom. The molecule has 2 heterocycles. The molecule has 6 nitrogen and oxygen atoms in total. The Bertz CT molecular complexity index is 566. The van der Waals surface area contributed by atoms with Crippen molar-refractivity contribution in [3.8, 4) is 0 Å². The highest BCUT2D eigenvalue weighted by atomic mass is 32.2. The predicted molar refractivity (Wildman–Crippen MR) is 79.9 cm³/mol. The van der Waals surface area contributed by atoms with Crippen LogP contribution in [0.3, 0.4) is 0 Å². The molecule has 0 atom stereocenters. The van der Waals surface area contributed by atoms with E-state index in [2.05, 4.69) is 20.5 Å². The van der Waals surface area contributed by atoms with E-state index in [-0.39, 0.29) is 5.91 Å². The van der Waals surface area contributed by atoms with Gasteiger partial charge in [0.2, 0.25) is 5.91 Å². The van der Waals surface area contributed by atoms with Crippen LogP contribution < -0.4 is 5.32 Å². The van der Waals surface area contributed by atoms with Gasteiger partial charge in [0.05, 0.1) is 10.8 Å². The maximum atomic E-state index is 11.7. The number of aromatic nitrogens is 4. The lowest BCUT2D eigenvalue weighted by Gasteiger charge is -2.04. The molecule has 108 valence electrons. The third-order valence-electron chi connectivity index (χ3n) is 2.56. The first kappa shape index (κ1) is 15.0. The van der Waals surface area contributed by atoms with E-state index in [1.807, 2.05) is 19.4 Å². The van der Waals surface area contributed by atoms with Crippen molar-refractivity contribution in [2.24, 2.45) is 7.05 Å². The van der Waals surface area contributed by atoms with Gasteiger partial charge in [0.1, 0.15) is 6.33 Å². The van der Waals surface area contributed by atoms with Crippen LogP contribution in [0.1, 0.15) is 17.1 Å². The van der Waals surface area contributed by atoms with Crippen molar-refractivity contribution in [1.82, 2.24) is 25.1 Å². The molecular weight excluding hydrogens is 294 g/mol. The van der Waals surface area contributed by atoms with E-state index in [4.69, 9.17) is 0 Å². The Morgan fingerprint density at radius 3 is 3.05 bits per heavy atom. The number of thiazole rings is 1. The van der Waals surface area contributed by atoms with Gasteiger partial charge in [-0.05, 0) is 13.3 Å². The van der Waals surface area contributed by atoms with Gasteiger partial charge in [-0.2, -0.15) is 0 Å². The molecule has 0 unspecified atom stereocenters. The number of hydrogen-bond acceptors (Lipinski definition) is 6. The summed E-state index contributed by atoms with van der Waals surface area (Å²) in [6, 6.07) is 0. The summed E-state index contributed by atoms with van der Waals surface area (Å²) in [5.41, 5.74) is 1.06. The Hall–Kier alpha value is -1.41. The van der Waals surface area contributed by atoms with Gasteiger partial charge in [-0.1, -0.05) is 11.8 Å². The summed E-state index contributed by atoms with van der Waals surface area (Å²) in [5.74, 6) is 0.386. The molecule has 2 rings (SSSR count). The first-order chi connectivity index (χ1) is 9.65. The van der Waals surface area contributed by atoms with Crippen molar-refractivity contribution in [2.75, 3.05) is 12.3 Å². The predicted octanol–water partition coefficient (Wildman–Crippen LogP) is 1.42. The summed E-state index contributed by atoms with van der Waals surface area (Å²) in [7, 11) is 1.86. The molecule has 2 aromatic rings. The van der Waals surface area contributed by atoms with E-state index in [1.54, 1.807) is 22.2 Å². The average molecular weight is 311 g/mol. The Labute approximate surface area is 126 Å². The monoisotopic (exact) mass is 311 g/mol. The molecule has 0 fully saturated rings. The van der Waals surface area contributed by atoms with Gasteiger partial charge < -0.3 is 9.88 Å². The molecule has 1 N–H and O–H groups in total. The zero-order chi connectivity index (χ0) is 14.4. The minimum Gasteiger partial charge on any atom is -0.355 e. The van der Waals surface area contributed by atoms with E-state index in [1.165, 1.54) is 11.8 Å². The molecule has 0 aliphatic carbocycles. The fourth-order valence-electron chi connectivity index (χ4n) is 1.57. The number of thioether (sulfide) groups is 1. The van der Waals surface area contributed by atoms with Crippen LogP contribution in [0.4, 0.5) is 0 Å². The molecule has 0 aliphatic heterocycles. The standard InChI is InChI=1S/C12H17N5OS2/c1-9-6-19-11(15-9)4-3-5-13-10(18)7-20-12-16-14-8-17(12)2/h6,8H,3-5,7H2,1-2H3,(H,13,18). The lowest BCUT2D eigenvalue weighted by molar-refractivity contribution is -0.118. The van der Waals surface area contributed by atoms with Gasteiger partial charge >= 0.3 is 0 Å². The second kappa shape index (κ2) is 7.39. The molecule has 1 amide bonds. The van der Waals surface area contributed by atoms with Crippen LogP contribution in [0.25, 0.3) is 0 Å².